The number of aliphatic hydroxyl groups excluding tert-OH is 1. The first kappa shape index (κ1) is 9.48. The number of nitrogens with zero attached hydrogens (tertiary/aromatic N) is 1. The minimum atomic E-state index is -0.295. The fourth-order valence-corrected chi connectivity index (χ4v) is 1.58. The highest BCUT2D eigenvalue weighted by molar-refractivity contribution is 4.93. The Kier molecular flexibility index (Phi) is 2.69. The van der Waals surface area contributed by atoms with Crippen molar-refractivity contribution in [1.29, 1.82) is 0 Å². The van der Waals surface area contributed by atoms with Gasteiger partial charge in [-0.2, -0.15) is 0 Å². The second-order valence-electron chi connectivity index (χ2n) is 3.35. The molecule has 1 aromatic rings. The van der Waals surface area contributed by atoms with Crippen molar-refractivity contribution in [2.24, 2.45) is 0 Å². The highest BCUT2D eigenvalue weighted by atomic mass is 16.6. The van der Waals surface area contributed by atoms with Crippen LogP contribution in [0.1, 0.15) is 31.3 Å². The molecule has 0 spiro atoms. The van der Waals surface area contributed by atoms with E-state index in [1.54, 1.807) is 0 Å². The molecule has 1 aliphatic rings. The second-order valence-corrected chi connectivity index (χ2v) is 3.35. The first-order valence-electron chi connectivity index (χ1n) is 4.75. The average Bonchev–Trinajstić information content (AvgIpc) is 2.61. The van der Waals surface area contributed by atoms with Gasteiger partial charge in [-0.15, -0.1) is 4.74 Å². The number of ether oxygens (including phenoxy) is 1. The Balaban J connectivity index is 2.21. The van der Waals surface area contributed by atoms with E-state index >= 15 is 0 Å². The summed E-state index contributed by atoms with van der Waals surface area (Å²) in [6.45, 7) is 0.404. The van der Waals surface area contributed by atoms with Crippen molar-refractivity contribution in [2.75, 3.05) is 6.61 Å². The number of hydrogen-bond donors (Lipinski definition) is 1. The molecule has 0 radical (unpaired) electrons. The zero-order chi connectivity index (χ0) is 9.97. The summed E-state index contributed by atoms with van der Waals surface area (Å²) in [7, 11) is 0. The minimum Gasteiger partial charge on any atom is -0.388 e. The van der Waals surface area contributed by atoms with Gasteiger partial charge < -0.3 is 14.4 Å². The van der Waals surface area contributed by atoms with Crippen LogP contribution < -0.4 is 5.56 Å². The normalized spacial score (nSPS) is 22.5. The Morgan fingerprint density at radius 3 is 3.00 bits per heavy atom. The summed E-state index contributed by atoms with van der Waals surface area (Å²) in [6.07, 6.45) is 2.56. The third kappa shape index (κ3) is 1.73. The van der Waals surface area contributed by atoms with Crippen LogP contribution in [0.5, 0.6) is 0 Å². The molecule has 5 heteroatoms. The molecule has 1 unspecified atom stereocenters. The van der Waals surface area contributed by atoms with Gasteiger partial charge in [-0.25, -0.2) is 0 Å². The summed E-state index contributed by atoms with van der Waals surface area (Å²) in [5.74, 6) is 0.282. The molecule has 0 amide bonds. The third-order valence-electron chi connectivity index (χ3n) is 2.29. The lowest BCUT2D eigenvalue weighted by Crippen LogP contribution is -2.25. The van der Waals surface area contributed by atoms with Crippen LogP contribution in [0.4, 0.5) is 0 Å². The van der Waals surface area contributed by atoms with Gasteiger partial charge in [0.1, 0.15) is 6.61 Å². The number of hydrogen-bond acceptors (Lipinski definition) is 4. The van der Waals surface area contributed by atoms with Crippen molar-refractivity contribution in [3.63, 3.8) is 0 Å². The number of rotatable bonds is 2. The Labute approximate surface area is 80.9 Å². The van der Waals surface area contributed by atoms with Gasteiger partial charge in [-0.1, -0.05) is 0 Å². The summed E-state index contributed by atoms with van der Waals surface area (Å²) in [5.41, 5.74) is -0.249. The van der Waals surface area contributed by atoms with E-state index in [0.29, 0.717) is 6.61 Å². The Morgan fingerprint density at radius 2 is 2.43 bits per heavy atom. The molecule has 0 aromatic carbocycles. The highest BCUT2D eigenvalue weighted by Crippen LogP contribution is 2.21. The molecule has 2 rings (SSSR count). The van der Waals surface area contributed by atoms with Crippen molar-refractivity contribution >= 4 is 0 Å². The van der Waals surface area contributed by atoms with Crippen LogP contribution >= 0.6 is 0 Å². The van der Waals surface area contributed by atoms with Crippen LogP contribution in [0.25, 0.3) is 0 Å². The van der Waals surface area contributed by atoms with E-state index in [-0.39, 0.29) is 24.2 Å². The fraction of sp³-hybridized carbons (Fsp3) is 0.667. The van der Waals surface area contributed by atoms with Crippen LogP contribution in [-0.4, -0.2) is 16.5 Å². The fourth-order valence-electron chi connectivity index (χ4n) is 1.58. The predicted molar refractivity (Wildman–Crippen MR) is 47.7 cm³/mol. The van der Waals surface area contributed by atoms with Gasteiger partial charge in [0.2, 0.25) is 0 Å². The summed E-state index contributed by atoms with van der Waals surface area (Å²) >= 11 is 0. The maximum Gasteiger partial charge on any atom is 0.285 e. The standard InChI is InChI=1S/C9H13NO4/c11-6-7-5-8(12)10(14-7)9-3-1-2-4-13-9/h5,9,11H,1-4,6H2. The van der Waals surface area contributed by atoms with Gasteiger partial charge in [0, 0.05) is 12.7 Å². The molecule has 0 saturated carbocycles. The maximum atomic E-state index is 11.4. The van der Waals surface area contributed by atoms with Crippen molar-refractivity contribution in [3.05, 3.63) is 22.2 Å². The number of aromatic nitrogens is 1. The lowest BCUT2D eigenvalue weighted by molar-refractivity contribution is -0.0784. The quantitative estimate of drug-likeness (QED) is 0.758. The minimum absolute atomic E-state index is 0.249. The van der Waals surface area contributed by atoms with E-state index in [2.05, 4.69) is 0 Å². The lowest BCUT2D eigenvalue weighted by atomic mass is 10.2. The molecule has 14 heavy (non-hydrogen) atoms. The van der Waals surface area contributed by atoms with Gasteiger partial charge in [0.25, 0.3) is 5.56 Å². The van der Waals surface area contributed by atoms with Gasteiger partial charge >= 0.3 is 0 Å². The molecule has 2 heterocycles. The molecule has 5 nitrogen and oxygen atoms in total. The van der Waals surface area contributed by atoms with Crippen molar-refractivity contribution < 1.29 is 14.4 Å². The van der Waals surface area contributed by atoms with E-state index in [1.165, 1.54) is 10.8 Å². The molecule has 0 bridgehead atoms. The van der Waals surface area contributed by atoms with E-state index in [4.69, 9.17) is 14.4 Å². The predicted octanol–water partition coefficient (Wildman–Crippen LogP) is 0.633. The lowest BCUT2D eigenvalue weighted by Gasteiger charge is -2.21. The molecule has 1 atom stereocenters. The van der Waals surface area contributed by atoms with Crippen LogP contribution in [0, 0.1) is 0 Å². The summed E-state index contributed by atoms with van der Waals surface area (Å²) in [4.78, 5) is 11.4. The summed E-state index contributed by atoms with van der Waals surface area (Å²) in [5, 5.41) is 8.79. The van der Waals surface area contributed by atoms with E-state index < -0.39 is 0 Å². The summed E-state index contributed by atoms with van der Waals surface area (Å²) < 4.78 is 11.7. The monoisotopic (exact) mass is 199 g/mol. The smallest absolute Gasteiger partial charge is 0.285 e. The molecule has 78 valence electrons. The van der Waals surface area contributed by atoms with Crippen LogP contribution in [0.3, 0.4) is 0 Å². The largest absolute Gasteiger partial charge is 0.388 e. The molecule has 1 saturated heterocycles. The molecule has 0 aliphatic carbocycles. The highest BCUT2D eigenvalue weighted by Gasteiger charge is 2.19. The van der Waals surface area contributed by atoms with E-state index in [9.17, 15) is 4.79 Å². The zero-order valence-corrected chi connectivity index (χ0v) is 7.81. The molecular formula is C9H13NO4. The average molecular weight is 199 g/mol. The zero-order valence-electron chi connectivity index (χ0n) is 7.81. The topological polar surface area (TPSA) is 64.6 Å². The van der Waals surface area contributed by atoms with Gasteiger partial charge in [0.15, 0.2) is 12.0 Å². The van der Waals surface area contributed by atoms with E-state index in [0.717, 1.165) is 19.3 Å². The van der Waals surface area contributed by atoms with Crippen LogP contribution in [0.15, 0.2) is 15.4 Å². The number of aliphatic hydroxyl groups is 1. The molecular weight excluding hydrogens is 186 g/mol. The SMILES string of the molecule is O=c1cc(CO)on1C1CCCCO1. The first-order valence-corrected chi connectivity index (χ1v) is 4.75. The Morgan fingerprint density at radius 1 is 1.57 bits per heavy atom. The van der Waals surface area contributed by atoms with Gasteiger partial charge in [0.05, 0.1) is 0 Å². The second kappa shape index (κ2) is 3.98. The maximum absolute atomic E-state index is 11.4. The molecule has 1 aromatic heterocycles. The van der Waals surface area contributed by atoms with Gasteiger partial charge in [-0.3, -0.25) is 4.79 Å². The van der Waals surface area contributed by atoms with E-state index in [1.807, 2.05) is 0 Å². The first-order chi connectivity index (χ1) is 6.81. The van der Waals surface area contributed by atoms with Crippen molar-refractivity contribution in [3.8, 4) is 0 Å². The summed E-state index contributed by atoms with van der Waals surface area (Å²) in [6, 6.07) is 1.29. The molecule has 1 N–H and O–H groups in total. The van der Waals surface area contributed by atoms with Crippen LogP contribution in [-0.2, 0) is 11.3 Å². The van der Waals surface area contributed by atoms with Crippen molar-refractivity contribution in [2.45, 2.75) is 32.1 Å². The van der Waals surface area contributed by atoms with Crippen molar-refractivity contribution in [1.82, 2.24) is 4.74 Å². The Bertz CT molecular complexity index is 348. The van der Waals surface area contributed by atoms with Gasteiger partial charge in [-0.05, 0) is 19.3 Å². The molecule has 1 fully saturated rings. The Hall–Kier alpha value is -1.07. The third-order valence-corrected chi connectivity index (χ3v) is 2.29. The molecule has 1 aliphatic heterocycles. The van der Waals surface area contributed by atoms with Crippen LogP contribution in [0.2, 0.25) is 0 Å².